The Morgan fingerprint density at radius 2 is 2.00 bits per heavy atom. The molecule has 1 N–H and O–H groups in total. The maximum atomic E-state index is 12.1. The van der Waals surface area contributed by atoms with Crippen molar-refractivity contribution >= 4 is 5.78 Å². The van der Waals surface area contributed by atoms with Crippen LogP contribution in [0.2, 0.25) is 0 Å². The number of ketones is 1. The predicted molar refractivity (Wildman–Crippen MR) is 89.6 cm³/mol. The van der Waals surface area contributed by atoms with Crippen molar-refractivity contribution in [3.05, 3.63) is 23.8 Å². The van der Waals surface area contributed by atoms with E-state index in [0.29, 0.717) is 17.7 Å². The number of hydrogen-bond acceptors (Lipinski definition) is 3. The minimum Gasteiger partial charge on any atom is -0.493 e. The number of nitrogens with one attached hydrogen (secondary N) is 1. The van der Waals surface area contributed by atoms with Crippen molar-refractivity contribution < 1.29 is 19.2 Å². The van der Waals surface area contributed by atoms with Gasteiger partial charge in [0.2, 0.25) is 0 Å². The molecule has 2 heterocycles. The second kappa shape index (κ2) is 6.91. The highest BCUT2D eigenvalue weighted by molar-refractivity contribution is 6.00. The molecule has 126 valence electrons. The highest BCUT2D eigenvalue weighted by Crippen LogP contribution is 2.35. The molecular formula is C19H28NO3+. The van der Waals surface area contributed by atoms with Crippen LogP contribution in [0.1, 0.15) is 56.3 Å². The number of carbonyl (C=O) groups excluding carboxylic acids is 1. The SMILES string of the molecule is CC1(C)CC(=O)c2ccc(OCCC[NH+]3CCCCC3)cc2O1. The fourth-order valence-corrected chi connectivity index (χ4v) is 3.54. The first-order chi connectivity index (χ1) is 11.0. The van der Waals surface area contributed by atoms with Crippen LogP contribution in [0.4, 0.5) is 0 Å². The largest absolute Gasteiger partial charge is 0.493 e. The van der Waals surface area contributed by atoms with Crippen LogP contribution in [0.5, 0.6) is 11.5 Å². The number of fused-ring (bicyclic) bond motifs is 1. The average molecular weight is 318 g/mol. The standard InChI is InChI=1S/C19H27NO3/c1-19(2)14-17(21)16-8-7-15(13-18(16)23-19)22-12-6-11-20-9-4-3-5-10-20/h7-8,13H,3-6,9-12,14H2,1-2H3/p+1. The first kappa shape index (κ1) is 16.3. The van der Waals surface area contributed by atoms with Crippen LogP contribution in [0.15, 0.2) is 18.2 Å². The smallest absolute Gasteiger partial charge is 0.170 e. The minimum atomic E-state index is -0.430. The Labute approximate surface area is 138 Å². The van der Waals surface area contributed by atoms with Crippen LogP contribution in [0.3, 0.4) is 0 Å². The molecular weight excluding hydrogens is 290 g/mol. The number of ether oxygens (including phenoxy) is 2. The Morgan fingerprint density at radius 3 is 2.78 bits per heavy atom. The number of piperidine rings is 1. The molecule has 0 amide bonds. The first-order valence-electron chi connectivity index (χ1n) is 8.86. The van der Waals surface area contributed by atoms with Crippen LogP contribution >= 0.6 is 0 Å². The Bertz CT molecular complexity index is 562. The van der Waals surface area contributed by atoms with Gasteiger partial charge < -0.3 is 14.4 Å². The lowest BCUT2D eigenvalue weighted by atomic mass is 9.93. The quantitative estimate of drug-likeness (QED) is 0.847. The summed E-state index contributed by atoms with van der Waals surface area (Å²) in [5, 5.41) is 0. The zero-order chi connectivity index (χ0) is 16.3. The molecule has 0 aromatic heterocycles. The lowest BCUT2D eigenvalue weighted by Crippen LogP contribution is -3.12. The van der Waals surface area contributed by atoms with Gasteiger partial charge in [0.1, 0.15) is 17.1 Å². The van der Waals surface area contributed by atoms with Gasteiger partial charge in [0, 0.05) is 12.5 Å². The second-order valence-electron chi connectivity index (χ2n) is 7.38. The van der Waals surface area contributed by atoms with Crippen LogP contribution in [0, 0.1) is 0 Å². The van der Waals surface area contributed by atoms with Crippen molar-refractivity contribution in [2.45, 2.75) is 51.6 Å². The highest BCUT2D eigenvalue weighted by atomic mass is 16.5. The molecule has 0 unspecified atom stereocenters. The topological polar surface area (TPSA) is 40.0 Å². The van der Waals surface area contributed by atoms with Crippen LogP contribution in [-0.2, 0) is 0 Å². The Morgan fingerprint density at radius 1 is 1.22 bits per heavy atom. The molecule has 23 heavy (non-hydrogen) atoms. The molecule has 0 saturated carbocycles. The van der Waals surface area contributed by atoms with E-state index in [1.807, 2.05) is 32.0 Å². The van der Waals surface area contributed by atoms with Crippen molar-refractivity contribution in [3.8, 4) is 11.5 Å². The van der Waals surface area contributed by atoms with E-state index in [4.69, 9.17) is 9.47 Å². The van der Waals surface area contributed by atoms with E-state index in [2.05, 4.69) is 0 Å². The number of hydrogen-bond donors (Lipinski definition) is 1. The zero-order valence-corrected chi connectivity index (χ0v) is 14.3. The van der Waals surface area contributed by atoms with Gasteiger partial charge in [-0.3, -0.25) is 4.79 Å². The molecule has 1 fully saturated rings. The van der Waals surface area contributed by atoms with E-state index >= 15 is 0 Å². The van der Waals surface area contributed by atoms with Gasteiger partial charge in [-0.05, 0) is 45.2 Å². The molecule has 1 saturated heterocycles. The minimum absolute atomic E-state index is 0.150. The van der Waals surface area contributed by atoms with Crippen molar-refractivity contribution in [3.63, 3.8) is 0 Å². The first-order valence-corrected chi connectivity index (χ1v) is 8.86. The van der Waals surface area contributed by atoms with Crippen molar-refractivity contribution in [2.75, 3.05) is 26.2 Å². The third-order valence-electron chi connectivity index (χ3n) is 4.73. The van der Waals surface area contributed by atoms with E-state index in [1.165, 1.54) is 38.9 Å². The molecule has 0 radical (unpaired) electrons. The van der Waals surface area contributed by atoms with E-state index in [1.54, 1.807) is 4.90 Å². The maximum Gasteiger partial charge on any atom is 0.170 e. The van der Waals surface area contributed by atoms with Gasteiger partial charge in [-0.1, -0.05) is 0 Å². The third kappa shape index (κ3) is 4.25. The Balaban J connectivity index is 1.52. The molecule has 0 bridgehead atoms. The van der Waals surface area contributed by atoms with Gasteiger partial charge in [-0.15, -0.1) is 0 Å². The van der Waals surface area contributed by atoms with E-state index in [-0.39, 0.29) is 5.78 Å². The molecule has 0 spiro atoms. The van der Waals surface area contributed by atoms with E-state index in [0.717, 1.165) is 18.8 Å². The number of likely N-dealkylation sites (tertiary alicyclic amines) is 1. The maximum absolute atomic E-state index is 12.1. The van der Waals surface area contributed by atoms with Gasteiger partial charge in [-0.2, -0.15) is 0 Å². The monoisotopic (exact) mass is 318 g/mol. The van der Waals surface area contributed by atoms with Gasteiger partial charge in [0.15, 0.2) is 5.78 Å². The number of rotatable bonds is 5. The molecule has 3 rings (SSSR count). The van der Waals surface area contributed by atoms with Crippen molar-refractivity contribution in [1.29, 1.82) is 0 Å². The van der Waals surface area contributed by atoms with Crippen molar-refractivity contribution in [1.82, 2.24) is 0 Å². The molecule has 4 nitrogen and oxygen atoms in total. The summed E-state index contributed by atoms with van der Waals surface area (Å²) in [6.07, 6.45) is 5.62. The molecule has 1 aromatic rings. The van der Waals surface area contributed by atoms with Crippen molar-refractivity contribution in [2.24, 2.45) is 0 Å². The van der Waals surface area contributed by atoms with Gasteiger partial charge >= 0.3 is 0 Å². The van der Waals surface area contributed by atoms with E-state index < -0.39 is 5.60 Å². The molecule has 4 heteroatoms. The average Bonchev–Trinajstić information content (AvgIpc) is 2.51. The van der Waals surface area contributed by atoms with Gasteiger partial charge in [0.05, 0.1) is 38.2 Å². The summed E-state index contributed by atoms with van der Waals surface area (Å²) < 4.78 is 11.8. The van der Waals surface area contributed by atoms with Gasteiger partial charge in [-0.25, -0.2) is 0 Å². The summed E-state index contributed by atoms with van der Waals surface area (Å²) >= 11 is 0. The third-order valence-corrected chi connectivity index (χ3v) is 4.73. The Hall–Kier alpha value is -1.55. The molecule has 2 aliphatic heterocycles. The summed E-state index contributed by atoms with van der Waals surface area (Å²) in [4.78, 5) is 13.8. The number of benzene rings is 1. The summed E-state index contributed by atoms with van der Waals surface area (Å²) in [6.45, 7) is 8.42. The summed E-state index contributed by atoms with van der Waals surface area (Å²) in [7, 11) is 0. The highest BCUT2D eigenvalue weighted by Gasteiger charge is 2.32. The van der Waals surface area contributed by atoms with Crippen LogP contribution in [-0.4, -0.2) is 37.6 Å². The number of quaternary nitrogens is 1. The van der Waals surface area contributed by atoms with E-state index in [9.17, 15) is 4.79 Å². The molecule has 1 aromatic carbocycles. The normalized spacial score (nSPS) is 20.7. The Kier molecular flexibility index (Phi) is 4.90. The fraction of sp³-hybridized carbons (Fsp3) is 0.632. The summed E-state index contributed by atoms with van der Waals surface area (Å²) in [5.41, 5.74) is 0.245. The van der Waals surface area contributed by atoms with Crippen LogP contribution < -0.4 is 14.4 Å². The number of carbonyl (C=O) groups is 1. The van der Waals surface area contributed by atoms with Gasteiger partial charge in [0.25, 0.3) is 0 Å². The van der Waals surface area contributed by atoms with Crippen LogP contribution in [0.25, 0.3) is 0 Å². The summed E-state index contributed by atoms with van der Waals surface area (Å²) in [5.74, 6) is 1.60. The molecule has 0 aliphatic carbocycles. The number of Topliss-reactive ketones (excluding diaryl/α,β-unsaturated/α-hetero) is 1. The molecule has 0 atom stereocenters. The lowest BCUT2D eigenvalue weighted by Gasteiger charge is -2.31. The second-order valence-corrected chi connectivity index (χ2v) is 7.38. The summed E-state index contributed by atoms with van der Waals surface area (Å²) in [6, 6.07) is 5.58. The zero-order valence-electron chi connectivity index (χ0n) is 14.3. The predicted octanol–water partition coefficient (Wildman–Crippen LogP) is 2.27. The lowest BCUT2D eigenvalue weighted by molar-refractivity contribution is -0.905. The fourth-order valence-electron chi connectivity index (χ4n) is 3.54. The molecule has 2 aliphatic rings.